The van der Waals surface area contributed by atoms with Crippen molar-refractivity contribution in [2.45, 2.75) is 51.6 Å². The Bertz CT molecular complexity index is 942. The highest BCUT2D eigenvalue weighted by molar-refractivity contribution is 14.0. The average Bonchev–Trinajstić information content (AvgIpc) is 3.05. The van der Waals surface area contributed by atoms with E-state index in [9.17, 15) is 8.42 Å². The lowest BCUT2D eigenvalue weighted by molar-refractivity contribution is 0.455. The third kappa shape index (κ3) is 7.21. The zero-order valence-electron chi connectivity index (χ0n) is 17.9. The Labute approximate surface area is 195 Å². The van der Waals surface area contributed by atoms with Crippen LogP contribution in [0.2, 0.25) is 0 Å². The Morgan fingerprint density at radius 3 is 2.48 bits per heavy atom. The number of nitrogens with one attached hydrogen (secondary N) is 1. The number of nitrogens with zero attached hydrogens (tertiary/aromatic N) is 3. The molecule has 0 bridgehead atoms. The minimum atomic E-state index is -3.39. The number of hydrogen-bond acceptors (Lipinski definition) is 5. The van der Waals surface area contributed by atoms with Gasteiger partial charge in [0, 0.05) is 25.5 Å². The number of aryl methyl sites for hydroxylation is 3. The molecule has 0 aliphatic heterocycles. The van der Waals surface area contributed by atoms with Crippen molar-refractivity contribution >= 4 is 51.1 Å². The molecule has 1 N–H and O–H groups in total. The van der Waals surface area contributed by atoms with Gasteiger partial charge in [-0.3, -0.25) is 4.99 Å². The summed E-state index contributed by atoms with van der Waals surface area (Å²) < 4.78 is 25.8. The molecule has 29 heavy (non-hydrogen) atoms. The molecule has 162 valence electrons. The highest BCUT2D eigenvalue weighted by Gasteiger charge is 2.22. The molecular weight excluding hydrogens is 519 g/mol. The lowest BCUT2D eigenvalue weighted by Crippen LogP contribution is -2.46. The second-order valence-corrected chi connectivity index (χ2v) is 10.1. The summed E-state index contributed by atoms with van der Waals surface area (Å²) >= 11 is 1.61. The Morgan fingerprint density at radius 1 is 1.28 bits per heavy atom. The van der Waals surface area contributed by atoms with Gasteiger partial charge >= 0.3 is 0 Å². The number of rotatable bonds is 7. The number of aliphatic imine (C=N–C) groups is 1. The molecule has 1 aromatic heterocycles. The Kier molecular flexibility index (Phi) is 10.0. The second-order valence-electron chi connectivity index (χ2n) is 7.04. The molecule has 0 aliphatic rings. The van der Waals surface area contributed by atoms with Crippen molar-refractivity contribution in [3.05, 3.63) is 45.4 Å². The summed E-state index contributed by atoms with van der Waals surface area (Å²) in [6, 6.07) is 5.07. The van der Waals surface area contributed by atoms with Gasteiger partial charge in [-0.25, -0.2) is 13.4 Å². The molecule has 9 heteroatoms. The van der Waals surface area contributed by atoms with Gasteiger partial charge in [0.05, 0.1) is 27.9 Å². The first-order valence-electron chi connectivity index (χ1n) is 9.31. The molecule has 1 heterocycles. The van der Waals surface area contributed by atoms with Crippen LogP contribution >= 0.6 is 35.3 Å². The molecular formula is C20H31IN4O2S2. The topological polar surface area (TPSA) is 74.7 Å². The maximum atomic E-state index is 12.9. The summed E-state index contributed by atoms with van der Waals surface area (Å²) in [5, 5.41) is 6.36. The Hall–Kier alpha value is -1.20. The van der Waals surface area contributed by atoms with E-state index in [1.807, 2.05) is 51.1 Å². The molecule has 0 fully saturated rings. The van der Waals surface area contributed by atoms with E-state index in [4.69, 9.17) is 0 Å². The van der Waals surface area contributed by atoms with Crippen LogP contribution in [0.15, 0.2) is 33.5 Å². The van der Waals surface area contributed by atoms with E-state index in [0.29, 0.717) is 23.8 Å². The predicted molar refractivity (Wildman–Crippen MR) is 132 cm³/mol. The van der Waals surface area contributed by atoms with Crippen LogP contribution in [0.5, 0.6) is 0 Å². The largest absolute Gasteiger partial charge is 0.352 e. The SMILES string of the molecule is CCC(CS(=O)(=O)c1ccc(C)c(C)c1)NC(=NC)N(C)Cc1csc(C)n1.I. The van der Waals surface area contributed by atoms with Gasteiger partial charge in [-0.05, 0) is 50.5 Å². The molecule has 1 aromatic carbocycles. The smallest absolute Gasteiger partial charge is 0.193 e. The fraction of sp³-hybridized carbons (Fsp3) is 0.500. The van der Waals surface area contributed by atoms with Crippen molar-refractivity contribution in [3.63, 3.8) is 0 Å². The van der Waals surface area contributed by atoms with Crippen molar-refractivity contribution in [1.29, 1.82) is 0 Å². The molecule has 2 aromatic rings. The third-order valence-electron chi connectivity index (χ3n) is 4.72. The second kappa shape index (κ2) is 11.3. The summed E-state index contributed by atoms with van der Waals surface area (Å²) in [6.45, 7) is 8.48. The van der Waals surface area contributed by atoms with Crippen LogP contribution in [0.3, 0.4) is 0 Å². The normalized spacial score (nSPS) is 13.0. The lowest BCUT2D eigenvalue weighted by atomic mass is 10.1. The van der Waals surface area contributed by atoms with Gasteiger partial charge in [-0.2, -0.15) is 0 Å². The van der Waals surface area contributed by atoms with Crippen LogP contribution < -0.4 is 5.32 Å². The monoisotopic (exact) mass is 550 g/mol. The van der Waals surface area contributed by atoms with Crippen LogP contribution in [0.1, 0.15) is 35.2 Å². The van der Waals surface area contributed by atoms with Gasteiger partial charge in [0.2, 0.25) is 0 Å². The van der Waals surface area contributed by atoms with Crippen molar-refractivity contribution in [2.75, 3.05) is 19.8 Å². The van der Waals surface area contributed by atoms with Crippen LogP contribution in [-0.2, 0) is 16.4 Å². The first-order chi connectivity index (χ1) is 13.2. The Balaban J connectivity index is 0.00000420. The van der Waals surface area contributed by atoms with Crippen molar-refractivity contribution in [1.82, 2.24) is 15.2 Å². The quantitative estimate of drug-likeness (QED) is 0.321. The third-order valence-corrected chi connectivity index (χ3v) is 7.36. The van der Waals surface area contributed by atoms with Crippen LogP contribution in [0.25, 0.3) is 0 Å². The van der Waals surface area contributed by atoms with E-state index in [-0.39, 0.29) is 35.8 Å². The van der Waals surface area contributed by atoms with E-state index in [0.717, 1.165) is 21.8 Å². The minimum Gasteiger partial charge on any atom is -0.352 e. The van der Waals surface area contributed by atoms with Crippen LogP contribution in [0, 0.1) is 20.8 Å². The first kappa shape index (κ1) is 25.8. The molecule has 0 aliphatic carbocycles. The summed E-state index contributed by atoms with van der Waals surface area (Å²) in [4.78, 5) is 11.1. The lowest BCUT2D eigenvalue weighted by Gasteiger charge is -2.26. The number of guanidine groups is 1. The van der Waals surface area contributed by atoms with E-state index in [1.54, 1.807) is 30.5 Å². The van der Waals surface area contributed by atoms with Crippen LogP contribution in [-0.4, -0.2) is 50.2 Å². The minimum absolute atomic E-state index is 0. The highest BCUT2D eigenvalue weighted by atomic mass is 127. The molecule has 1 atom stereocenters. The molecule has 2 rings (SSSR count). The molecule has 1 unspecified atom stereocenters. The summed E-state index contributed by atoms with van der Waals surface area (Å²) in [6.07, 6.45) is 0.673. The van der Waals surface area contributed by atoms with Gasteiger partial charge in [0.15, 0.2) is 15.8 Å². The predicted octanol–water partition coefficient (Wildman–Crippen LogP) is 3.95. The van der Waals surface area contributed by atoms with Gasteiger partial charge in [0.1, 0.15) is 0 Å². The standard InChI is InChI=1S/C20H30N4O2S2.HI/c1-7-17(13-28(25,26)19-9-8-14(2)15(3)10-19)23-20(21-5)24(6)11-18-12-27-16(4)22-18;/h8-10,12,17H,7,11,13H2,1-6H3,(H,21,23);1H. The fourth-order valence-corrected chi connectivity index (χ4v) is 5.13. The van der Waals surface area contributed by atoms with Crippen LogP contribution in [0.4, 0.5) is 0 Å². The average molecular weight is 551 g/mol. The molecule has 0 saturated heterocycles. The summed E-state index contributed by atoms with van der Waals surface area (Å²) in [5.74, 6) is 0.682. The van der Waals surface area contributed by atoms with Gasteiger partial charge in [-0.1, -0.05) is 13.0 Å². The molecule has 0 amide bonds. The molecule has 0 saturated carbocycles. The highest BCUT2D eigenvalue weighted by Crippen LogP contribution is 2.17. The number of benzene rings is 1. The number of hydrogen-bond donors (Lipinski definition) is 1. The van der Waals surface area contributed by atoms with E-state index in [1.165, 1.54) is 0 Å². The van der Waals surface area contributed by atoms with Gasteiger partial charge in [-0.15, -0.1) is 35.3 Å². The number of halogens is 1. The maximum absolute atomic E-state index is 12.9. The van der Waals surface area contributed by atoms with Crippen molar-refractivity contribution in [2.24, 2.45) is 4.99 Å². The van der Waals surface area contributed by atoms with E-state index >= 15 is 0 Å². The first-order valence-corrected chi connectivity index (χ1v) is 11.8. The van der Waals surface area contributed by atoms with Gasteiger partial charge in [0.25, 0.3) is 0 Å². The van der Waals surface area contributed by atoms with E-state index in [2.05, 4.69) is 15.3 Å². The van der Waals surface area contributed by atoms with Gasteiger partial charge < -0.3 is 10.2 Å². The van der Waals surface area contributed by atoms with E-state index < -0.39 is 9.84 Å². The molecule has 0 spiro atoms. The van der Waals surface area contributed by atoms with Crippen molar-refractivity contribution < 1.29 is 8.42 Å². The fourth-order valence-electron chi connectivity index (χ4n) is 2.86. The zero-order valence-corrected chi connectivity index (χ0v) is 21.9. The zero-order chi connectivity index (χ0) is 20.9. The summed E-state index contributed by atoms with van der Waals surface area (Å²) in [5.41, 5.74) is 3.04. The number of thiazole rings is 1. The molecule has 0 radical (unpaired) electrons. The number of aromatic nitrogens is 1. The summed E-state index contributed by atoms with van der Waals surface area (Å²) in [7, 11) is 0.237. The number of sulfone groups is 1. The maximum Gasteiger partial charge on any atom is 0.193 e. The van der Waals surface area contributed by atoms with Crippen molar-refractivity contribution in [3.8, 4) is 0 Å². The molecule has 6 nitrogen and oxygen atoms in total. The Morgan fingerprint density at radius 2 is 1.97 bits per heavy atom.